The summed E-state index contributed by atoms with van der Waals surface area (Å²) in [6, 6.07) is 5.13. The Bertz CT molecular complexity index is 642. The topological polar surface area (TPSA) is 58.9 Å². The fraction of sp³-hybridized carbons (Fsp3) is 0.333. The number of rotatable bonds is 7. The van der Waals surface area contributed by atoms with Gasteiger partial charge in [-0.3, -0.25) is 4.79 Å². The van der Waals surface area contributed by atoms with Gasteiger partial charge in [0.25, 0.3) is 5.91 Å². The summed E-state index contributed by atoms with van der Waals surface area (Å²) in [5, 5.41) is 11.3. The molecule has 0 atom stereocenters. The lowest BCUT2D eigenvalue weighted by Crippen LogP contribution is -2.27. The summed E-state index contributed by atoms with van der Waals surface area (Å²) in [4.78, 5) is 12.0. The van der Waals surface area contributed by atoms with E-state index in [9.17, 15) is 4.79 Å². The average molecular weight is 341 g/mol. The molecule has 5 nitrogen and oxygen atoms in total. The van der Waals surface area contributed by atoms with Crippen molar-refractivity contribution in [1.82, 2.24) is 20.4 Å². The molecule has 0 spiro atoms. The Balaban J connectivity index is 1.97. The zero-order valence-electron chi connectivity index (χ0n) is 12.3. The maximum atomic E-state index is 12.0. The summed E-state index contributed by atoms with van der Waals surface area (Å²) in [5.41, 5.74) is 1.17. The van der Waals surface area contributed by atoms with E-state index in [1.165, 1.54) is 6.20 Å². The van der Waals surface area contributed by atoms with Gasteiger partial charge < -0.3 is 10.6 Å². The van der Waals surface area contributed by atoms with Gasteiger partial charge in [0.2, 0.25) is 0 Å². The van der Waals surface area contributed by atoms with Crippen LogP contribution in [0.3, 0.4) is 0 Å². The fourth-order valence-corrected chi connectivity index (χ4v) is 2.43. The van der Waals surface area contributed by atoms with Crippen LogP contribution in [0.25, 0.3) is 5.69 Å². The highest BCUT2D eigenvalue weighted by Crippen LogP contribution is 2.24. The minimum absolute atomic E-state index is 0.146. The third-order valence-electron chi connectivity index (χ3n) is 3.07. The molecule has 1 heterocycles. The van der Waals surface area contributed by atoms with Crippen LogP contribution in [0.5, 0.6) is 0 Å². The Labute approximate surface area is 139 Å². The quantitative estimate of drug-likeness (QED) is 0.762. The zero-order chi connectivity index (χ0) is 15.9. The fourth-order valence-electron chi connectivity index (χ4n) is 1.93. The molecule has 0 aliphatic heterocycles. The van der Waals surface area contributed by atoms with E-state index < -0.39 is 0 Å². The van der Waals surface area contributed by atoms with E-state index in [0.29, 0.717) is 27.8 Å². The third-order valence-corrected chi connectivity index (χ3v) is 3.61. The Hall–Kier alpha value is -1.56. The lowest BCUT2D eigenvalue weighted by molar-refractivity contribution is 0.0953. The van der Waals surface area contributed by atoms with Crippen molar-refractivity contribution >= 4 is 29.1 Å². The third kappa shape index (κ3) is 4.47. The van der Waals surface area contributed by atoms with Crippen molar-refractivity contribution < 1.29 is 4.79 Å². The van der Waals surface area contributed by atoms with E-state index in [2.05, 4.69) is 22.7 Å². The first-order valence-corrected chi connectivity index (χ1v) is 7.86. The van der Waals surface area contributed by atoms with Crippen molar-refractivity contribution in [3.8, 4) is 5.69 Å². The number of hydrogen-bond donors (Lipinski definition) is 2. The second kappa shape index (κ2) is 8.17. The Morgan fingerprint density at radius 3 is 2.86 bits per heavy atom. The zero-order valence-corrected chi connectivity index (χ0v) is 13.8. The number of nitrogens with zero attached hydrogens (tertiary/aromatic N) is 2. The molecule has 1 amide bonds. The predicted molar refractivity (Wildman–Crippen MR) is 89.1 cm³/mol. The highest BCUT2D eigenvalue weighted by atomic mass is 35.5. The van der Waals surface area contributed by atoms with E-state index >= 15 is 0 Å². The predicted octanol–water partition coefficient (Wildman–Crippen LogP) is 2.91. The van der Waals surface area contributed by atoms with Gasteiger partial charge in [0.1, 0.15) is 0 Å². The van der Waals surface area contributed by atoms with Crippen LogP contribution in [0.2, 0.25) is 10.0 Å². The molecule has 0 unspecified atom stereocenters. The molecule has 0 aliphatic carbocycles. The number of halogens is 2. The van der Waals surface area contributed by atoms with Crippen LogP contribution >= 0.6 is 23.2 Å². The molecule has 118 valence electrons. The summed E-state index contributed by atoms with van der Waals surface area (Å²) in [6.07, 6.45) is 4.05. The molecular formula is C15H18Cl2N4O. The van der Waals surface area contributed by atoms with E-state index in [1.54, 1.807) is 29.1 Å². The van der Waals surface area contributed by atoms with E-state index in [-0.39, 0.29) is 5.91 Å². The first kappa shape index (κ1) is 16.8. The van der Waals surface area contributed by atoms with Crippen LogP contribution in [0.15, 0.2) is 30.6 Å². The molecule has 2 N–H and O–H groups in total. The van der Waals surface area contributed by atoms with Gasteiger partial charge >= 0.3 is 0 Å². The molecule has 2 aromatic rings. The van der Waals surface area contributed by atoms with E-state index in [0.717, 1.165) is 19.5 Å². The van der Waals surface area contributed by atoms with Crippen LogP contribution < -0.4 is 10.6 Å². The Kier molecular flexibility index (Phi) is 6.24. The number of aromatic nitrogens is 2. The van der Waals surface area contributed by atoms with Crippen LogP contribution in [0, 0.1) is 0 Å². The molecule has 2 rings (SSSR count). The Morgan fingerprint density at radius 1 is 1.32 bits per heavy atom. The van der Waals surface area contributed by atoms with E-state index in [1.807, 2.05) is 0 Å². The molecule has 7 heteroatoms. The van der Waals surface area contributed by atoms with Crippen molar-refractivity contribution in [1.29, 1.82) is 0 Å². The molecule has 1 aromatic carbocycles. The van der Waals surface area contributed by atoms with Crippen LogP contribution in [0.4, 0.5) is 0 Å². The molecule has 0 radical (unpaired) electrons. The summed E-state index contributed by atoms with van der Waals surface area (Å²) in [7, 11) is 0. The number of carbonyl (C=O) groups excluding carboxylic acids is 1. The lowest BCUT2D eigenvalue weighted by atomic mass is 10.3. The van der Waals surface area contributed by atoms with Gasteiger partial charge in [0.05, 0.1) is 22.5 Å². The minimum Gasteiger partial charge on any atom is -0.352 e. The summed E-state index contributed by atoms with van der Waals surface area (Å²) < 4.78 is 1.56. The number of benzene rings is 1. The lowest BCUT2D eigenvalue weighted by Gasteiger charge is -2.05. The van der Waals surface area contributed by atoms with Gasteiger partial charge in [-0.05, 0) is 37.7 Å². The molecule has 0 saturated carbocycles. The van der Waals surface area contributed by atoms with Crippen molar-refractivity contribution in [3.63, 3.8) is 0 Å². The molecular weight excluding hydrogens is 323 g/mol. The molecule has 0 aliphatic rings. The molecule has 1 aromatic heterocycles. The van der Waals surface area contributed by atoms with Crippen molar-refractivity contribution in [2.24, 2.45) is 0 Å². The van der Waals surface area contributed by atoms with Crippen LogP contribution in [0.1, 0.15) is 23.7 Å². The molecule has 22 heavy (non-hydrogen) atoms. The van der Waals surface area contributed by atoms with Gasteiger partial charge in [0, 0.05) is 17.8 Å². The number of amides is 1. The normalized spacial score (nSPS) is 10.7. The molecule has 0 saturated heterocycles. The summed E-state index contributed by atoms with van der Waals surface area (Å²) in [6.45, 7) is 4.49. The number of nitrogens with one attached hydrogen (secondary N) is 2. The first-order chi connectivity index (χ1) is 10.6. The van der Waals surface area contributed by atoms with Gasteiger partial charge in [-0.1, -0.05) is 30.1 Å². The first-order valence-electron chi connectivity index (χ1n) is 7.11. The van der Waals surface area contributed by atoms with Gasteiger partial charge in [-0.15, -0.1) is 0 Å². The van der Waals surface area contributed by atoms with Gasteiger partial charge in [-0.2, -0.15) is 5.10 Å². The van der Waals surface area contributed by atoms with Crippen molar-refractivity contribution in [2.45, 2.75) is 13.3 Å². The molecule has 0 bridgehead atoms. The van der Waals surface area contributed by atoms with Crippen LogP contribution in [-0.2, 0) is 0 Å². The van der Waals surface area contributed by atoms with E-state index in [4.69, 9.17) is 23.2 Å². The summed E-state index contributed by atoms with van der Waals surface area (Å²) in [5.74, 6) is -0.146. The Morgan fingerprint density at radius 2 is 2.14 bits per heavy atom. The minimum atomic E-state index is -0.146. The second-order valence-electron chi connectivity index (χ2n) is 4.73. The largest absolute Gasteiger partial charge is 0.352 e. The number of carbonyl (C=O) groups is 1. The average Bonchev–Trinajstić information content (AvgIpc) is 2.96. The van der Waals surface area contributed by atoms with Crippen molar-refractivity contribution in [3.05, 3.63) is 46.2 Å². The second-order valence-corrected chi connectivity index (χ2v) is 5.58. The maximum Gasteiger partial charge on any atom is 0.254 e. The van der Waals surface area contributed by atoms with Crippen LogP contribution in [-0.4, -0.2) is 35.3 Å². The monoisotopic (exact) mass is 340 g/mol. The standard InChI is InChI=1S/C15H18Cl2N4O/c1-2-18-6-3-7-19-15(22)11-9-20-21(10-11)14-5-4-12(16)8-13(14)17/h4-5,8-10,18H,2-3,6-7H2,1H3,(H,19,22). The highest BCUT2D eigenvalue weighted by molar-refractivity contribution is 6.35. The number of hydrogen-bond acceptors (Lipinski definition) is 3. The van der Waals surface area contributed by atoms with Gasteiger partial charge in [-0.25, -0.2) is 4.68 Å². The van der Waals surface area contributed by atoms with Crippen molar-refractivity contribution in [2.75, 3.05) is 19.6 Å². The van der Waals surface area contributed by atoms with Gasteiger partial charge in [0.15, 0.2) is 0 Å². The summed E-state index contributed by atoms with van der Waals surface area (Å²) >= 11 is 12.0. The SMILES string of the molecule is CCNCCCNC(=O)c1cnn(-c2ccc(Cl)cc2Cl)c1. The maximum absolute atomic E-state index is 12.0. The molecule has 0 fully saturated rings. The smallest absolute Gasteiger partial charge is 0.254 e. The highest BCUT2D eigenvalue weighted by Gasteiger charge is 2.10.